The van der Waals surface area contributed by atoms with Gasteiger partial charge in [0.25, 0.3) is 0 Å². The minimum atomic E-state index is -4.39. The molecule has 1 aliphatic rings. The van der Waals surface area contributed by atoms with Gasteiger partial charge in [-0.15, -0.1) is 0 Å². The van der Waals surface area contributed by atoms with Crippen LogP contribution in [-0.2, 0) is 11.0 Å². The highest BCUT2D eigenvalue weighted by atomic mass is 32.2. The number of aromatic nitrogens is 2. The first-order chi connectivity index (χ1) is 12.9. The molecule has 9 heteroatoms. The molecule has 1 N–H and O–H groups in total. The first-order valence-corrected chi connectivity index (χ1v) is 9.57. The van der Waals surface area contributed by atoms with Crippen molar-refractivity contribution < 1.29 is 18.0 Å². The minimum absolute atomic E-state index is 0.109. The lowest BCUT2D eigenvalue weighted by Crippen LogP contribution is -2.30. The van der Waals surface area contributed by atoms with Crippen LogP contribution < -0.4 is 10.2 Å². The largest absolute Gasteiger partial charge is 0.416 e. The minimum Gasteiger partial charge on any atom is -0.356 e. The average molecular weight is 396 g/mol. The maximum Gasteiger partial charge on any atom is 0.416 e. The number of nitrogens with one attached hydrogen (secondary N) is 1. The van der Waals surface area contributed by atoms with Crippen molar-refractivity contribution in [3.8, 4) is 0 Å². The normalized spacial score (nSPS) is 14.9. The van der Waals surface area contributed by atoms with Gasteiger partial charge in [-0.3, -0.25) is 4.79 Å². The molecule has 0 aliphatic carbocycles. The van der Waals surface area contributed by atoms with E-state index < -0.39 is 11.7 Å². The predicted octanol–water partition coefficient (Wildman–Crippen LogP) is 4.22. The maximum absolute atomic E-state index is 12.6. The van der Waals surface area contributed by atoms with E-state index in [0.29, 0.717) is 10.7 Å². The Morgan fingerprint density at radius 1 is 1.11 bits per heavy atom. The van der Waals surface area contributed by atoms with E-state index in [9.17, 15) is 18.0 Å². The van der Waals surface area contributed by atoms with Crippen molar-refractivity contribution in [1.82, 2.24) is 9.97 Å². The van der Waals surface area contributed by atoms with E-state index >= 15 is 0 Å². The Morgan fingerprint density at radius 3 is 2.48 bits per heavy atom. The molecule has 2 aromatic rings. The van der Waals surface area contributed by atoms with Gasteiger partial charge in [0, 0.05) is 24.8 Å². The molecule has 1 aromatic carbocycles. The molecule has 27 heavy (non-hydrogen) atoms. The van der Waals surface area contributed by atoms with Crippen LogP contribution in [0.4, 0.5) is 24.7 Å². The van der Waals surface area contributed by atoms with Gasteiger partial charge < -0.3 is 10.2 Å². The van der Waals surface area contributed by atoms with Crippen molar-refractivity contribution in [3.63, 3.8) is 0 Å². The Kier molecular flexibility index (Phi) is 6.20. The number of carbonyl (C=O) groups excluding carboxylic acids is 1. The SMILES string of the molecule is O=C(CSc1cc(N2CCCCC2)ncn1)Nc1ccc(C(F)(F)F)cc1. The van der Waals surface area contributed by atoms with Crippen molar-refractivity contribution in [2.75, 3.05) is 29.1 Å². The second-order valence-corrected chi connectivity index (χ2v) is 7.17. The number of alkyl halides is 3. The van der Waals surface area contributed by atoms with Gasteiger partial charge in [-0.25, -0.2) is 9.97 Å². The highest BCUT2D eigenvalue weighted by Crippen LogP contribution is 2.30. The van der Waals surface area contributed by atoms with Crippen LogP contribution in [0.15, 0.2) is 41.7 Å². The number of halogens is 3. The first-order valence-electron chi connectivity index (χ1n) is 8.59. The summed E-state index contributed by atoms with van der Waals surface area (Å²) in [7, 11) is 0. The van der Waals surface area contributed by atoms with Crippen LogP contribution >= 0.6 is 11.8 Å². The Balaban J connectivity index is 1.53. The molecular weight excluding hydrogens is 377 g/mol. The number of carbonyl (C=O) groups is 1. The number of rotatable bonds is 5. The van der Waals surface area contributed by atoms with Crippen molar-refractivity contribution in [1.29, 1.82) is 0 Å². The van der Waals surface area contributed by atoms with Crippen LogP contribution in [0.1, 0.15) is 24.8 Å². The van der Waals surface area contributed by atoms with E-state index in [1.165, 1.54) is 36.6 Å². The third-order valence-electron chi connectivity index (χ3n) is 4.15. The van der Waals surface area contributed by atoms with Crippen molar-refractivity contribution in [3.05, 3.63) is 42.2 Å². The summed E-state index contributed by atoms with van der Waals surface area (Å²) >= 11 is 1.26. The number of amides is 1. The quantitative estimate of drug-likeness (QED) is 0.606. The number of thioether (sulfide) groups is 1. The summed E-state index contributed by atoms with van der Waals surface area (Å²) in [4.78, 5) is 22.7. The summed E-state index contributed by atoms with van der Waals surface area (Å²) in [6, 6.07) is 6.23. The zero-order valence-corrected chi connectivity index (χ0v) is 15.3. The second kappa shape index (κ2) is 8.60. The molecule has 1 amide bonds. The lowest BCUT2D eigenvalue weighted by molar-refractivity contribution is -0.137. The zero-order chi connectivity index (χ0) is 19.3. The Bertz CT molecular complexity index is 777. The molecule has 1 aliphatic heterocycles. The van der Waals surface area contributed by atoms with Crippen LogP contribution in [0.2, 0.25) is 0 Å². The summed E-state index contributed by atoms with van der Waals surface area (Å²) < 4.78 is 37.7. The number of piperidine rings is 1. The van der Waals surface area contributed by atoms with Gasteiger partial charge >= 0.3 is 6.18 Å². The lowest BCUT2D eigenvalue weighted by Gasteiger charge is -2.27. The van der Waals surface area contributed by atoms with Gasteiger partial charge in [-0.05, 0) is 43.5 Å². The number of hydrogen-bond acceptors (Lipinski definition) is 5. The van der Waals surface area contributed by atoms with Crippen LogP contribution in [-0.4, -0.2) is 34.7 Å². The van der Waals surface area contributed by atoms with Gasteiger partial charge in [-0.1, -0.05) is 11.8 Å². The Hall–Kier alpha value is -2.29. The van der Waals surface area contributed by atoms with E-state index in [2.05, 4.69) is 20.2 Å². The second-order valence-electron chi connectivity index (χ2n) is 6.17. The number of benzene rings is 1. The summed E-state index contributed by atoms with van der Waals surface area (Å²) in [5.74, 6) is 0.658. The van der Waals surface area contributed by atoms with Crippen LogP contribution in [0.3, 0.4) is 0 Å². The van der Waals surface area contributed by atoms with E-state index in [1.54, 1.807) is 0 Å². The third kappa shape index (κ3) is 5.59. The van der Waals surface area contributed by atoms with Crippen LogP contribution in [0, 0.1) is 0 Å². The van der Waals surface area contributed by atoms with Crippen LogP contribution in [0.5, 0.6) is 0 Å². The highest BCUT2D eigenvalue weighted by Gasteiger charge is 2.30. The van der Waals surface area contributed by atoms with Crippen molar-refractivity contribution >= 4 is 29.2 Å². The fraction of sp³-hybridized carbons (Fsp3) is 0.389. The molecule has 0 radical (unpaired) electrons. The topological polar surface area (TPSA) is 58.1 Å². The summed E-state index contributed by atoms with van der Waals surface area (Å²) in [5.41, 5.74) is -0.425. The van der Waals surface area contributed by atoms with Gasteiger partial charge in [-0.2, -0.15) is 13.2 Å². The fourth-order valence-corrected chi connectivity index (χ4v) is 3.45. The maximum atomic E-state index is 12.6. The van der Waals surface area contributed by atoms with Crippen molar-refractivity contribution in [2.45, 2.75) is 30.5 Å². The zero-order valence-electron chi connectivity index (χ0n) is 14.5. The summed E-state index contributed by atoms with van der Waals surface area (Å²) in [6.07, 6.45) is 0.606. The van der Waals surface area contributed by atoms with E-state index in [4.69, 9.17) is 0 Å². The molecule has 2 heterocycles. The van der Waals surface area contributed by atoms with Crippen molar-refractivity contribution in [2.24, 2.45) is 0 Å². The van der Waals surface area contributed by atoms with E-state index in [0.717, 1.165) is 43.9 Å². The number of anilines is 2. The molecule has 1 aromatic heterocycles. The number of nitrogens with zero attached hydrogens (tertiary/aromatic N) is 3. The van der Waals surface area contributed by atoms with Gasteiger partial charge in [0.05, 0.1) is 11.3 Å². The molecule has 1 fully saturated rings. The van der Waals surface area contributed by atoms with E-state index in [1.807, 2.05) is 6.07 Å². The lowest BCUT2D eigenvalue weighted by atomic mass is 10.1. The average Bonchev–Trinajstić information content (AvgIpc) is 2.67. The third-order valence-corrected chi connectivity index (χ3v) is 5.08. The molecule has 3 rings (SSSR count). The molecular formula is C18H19F3N4OS. The molecule has 0 bridgehead atoms. The molecule has 1 saturated heterocycles. The molecule has 5 nitrogen and oxygen atoms in total. The predicted molar refractivity (Wildman–Crippen MR) is 98.9 cm³/mol. The van der Waals surface area contributed by atoms with Gasteiger partial charge in [0.2, 0.25) is 5.91 Å². The Morgan fingerprint density at radius 2 is 1.81 bits per heavy atom. The molecule has 0 unspecified atom stereocenters. The number of hydrogen-bond donors (Lipinski definition) is 1. The van der Waals surface area contributed by atoms with E-state index in [-0.39, 0.29) is 11.7 Å². The molecule has 0 atom stereocenters. The van der Waals surface area contributed by atoms with Gasteiger partial charge in [0.1, 0.15) is 17.2 Å². The summed E-state index contributed by atoms with van der Waals surface area (Å²) in [6.45, 7) is 1.94. The van der Waals surface area contributed by atoms with Crippen LogP contribution in [0.25, 0.3) is 0 Å². The smallest absolute Gasteiger partial charge is 0.356 e. The molecule has 0 spiro atoms. The molecule has 0 saturated carbocycles. The molecule has 144 valence electrons. The standard InChI is InChI=1S/C18H19F3N4OS/c19-18(20,21)13-4-6-14(7-5-13)24-16(26)11-27-17-10-15(22-12-23-17)25-8-2-1-3-9-25/h4-7,10,12H,1-3,8-9,11H2,(H,24,26). The highest BCUT2D eigenvalue weighted by molar-refractivity contribution is 7.99. The Labute approximate surface area is 159 Å². The fourth-order valence-electron chi connectivity index (χ4n) is 2.78. The first kappa shape index (κ1) is 19.5. The monoisotopic (exact) mass is 396 g/mol. The summed E-state index contributed by atoms with van der Waals surface area (Å²) in [5, 5.41) is 3.28. The van der Waals surface area contributed by atoms with Gasteiger partial charge in [0.15, 0.2) is 0 Å².